The van der Waals surface area contributed by atoms with Gasteiger partial charge in [0.15, 0.2) is 0 Å². The fourth-order valence-electron chi connectivity index (χ4n) is 3.34. The minimum Gasteiger partial charge on any atom is -0.491 e. The lowest BCUT2D eigenvalue weighted by atomic mass is 9.81. The number of ether oxygens (including phenoxy) is 1. The molecule has 4 nitrogen and oxygen atoms in total. The molecule has 2 N–H and O–H groups in total. The van der Waals surface area contributed by atoms with Crippen molar-refractivity contribution in [3.05, 3.63) is 29.8 Å². The number of rotatable bonds is 4. The third-order valence-corrected chi connectivity index (χ3v) is 4.46. The molecule has 4 heteroatoms. The van der Waals surface area contributed by atoms with Gasteiger partial charge >= 0.3 is 0 Å². The van der Waals surface area contributed by atoms with E-state index in [-0.39, 0.29) is 17.4 Å². The summed E-state index contributed by atoms with van der Waals surface area (Å²) in [4.78, 5) is 12.7. The Morgan fingerprint density at radius 1 is 1.50 bits per heavy atom. The first kappa shape index (κ1) is 13.4. The average molecular weight is 274 g/mol. The monoisotopic (exact) mass is 274 g/mol. The molecular weight excluding hydrogens is 252 g/mol. The Morgan fingerprint density at radius 2 is 2.35 bits per heavy atom. The van der Waals surface area contributed by atoms with Crippen molar-refractivity contribution in [2.24, 2.45) is 5.41 Å². The maximum Gasteiger partial charge on any atom is 0.228 e. The topological polar surface area (TPSA) is 50.4 Å². The standard InChI is InChI=1S/C16H22N2O2/c1-2-7-16(8-9-17-11-16)15(19)18-13-10-20-14-6-4-3-5-12(13)14/h3-6,13,17H,2,7-11H2,1H3,(H,18,19). The summed E-state index contributed by atoms with van der Waals surface area (Å²) in [5, 5.41) is 6.53. The van der Waals surface area contributed by atoms with Crippen molar-refractivity contribution in [3.63, 3.8) is 0 Å². The highest BCUT2D eigenvalue weighted by molar-refractivity contribution is 5.84. The van der Waals surface area contributed by atoms with Gasteiger partial charge < -0.3 is 15.4 Å². The molecule has 0 aliphatic carbocycles. The van der Waals surface area contributed by atoms with Crippen LogP contribution in [0.3, 0.4) is 0 Å². The first-order valence-corrected chi connectivity index (χ1v) is 7.48. The second-order valence-corrected chi connectivity index (χ2v) is 5.83. The largest absolute Gasteiger partial charge is 0.491 e. The molecule has 2 aliphatic rings. The van der Waals surface area contributed by atoms with Crippen LogP contribution in [0.5, 0.6) is 5.75 Å². The van der Waals surface area contributed by atoms with Crippen LogP contribution >= 0.6 is 0 Å². The second-order valence-electron chi connectivity index (χ2n) is 5.83. The summed E-state index contributed by atoms with van der Waals surface area (Å²) in [6.07, 6.45) is 2.91. The van der Waals surface area contributed by atoms with E-state index in [4.69, 9.17) is 4.74 Å². The minimum absolute atomic E-state index is 0.00645. The van der Waals surface area contributed by atoms with Gasteiger partial charge in [-0.3, -0.25) is 4.79 Å². The van der Waals surface area contributed by atoms with E-state index in [1.807, 2.05) is 24.3 Å². The van der Waals surface area contributed by atoms with Gasteiger partial charge in [0.25, 0.3) is 0 Å². The molecule has 0 aromatic heterocycles. The summed E-state index contributed by atoms with van der Waals surface area (Å²) in [5.74, 6) is 1.07. The van der Waals surface area contributed by atoms with Crippen LogP contribution in [0.1, 0.15) is 37.8 Å². The van der Waals surface area contributed by atoms with Crippen LogP contribution in [0.25, 0.3) is 0 Å². The van der Waals surface area contributed by atoms with Gasteiger partial charge in [-0.25, -0.2) is 0 Å². The Labute approximate surface area is 119 Å². The van der Waals surface area contributed by atoms with Crippen LogP contribution in [0.2, 0.25) is 0 Å². The van der Waals surface area contributed by atoms with Gasteiger partial charge in [0, 0.05) is 12.1 Å². The summed E-state index contributed by atoms with van der Waals surface area (Å²) in [7, 11) is 0. The van der Waals surface area contributed by atoms with E-state index >= 15 is 0 Å². The van der Waals surface area contributed by atoms with E-state index in [0.717, 1.165) is 43.7 Å². The van der Waals surface area contributed by atoms with Crippen LogP contribution in [-0.4, -0.2) is 25.6 Å². The molecule has 1 amide bonds. The van der Waals surface area contributed by atoms with Gasteiger partial charge in [-0.1, -0.05) is 31.5 Å². The fraction of sp³-hybridized carbons (Fsp3) is 0.562. The van der Waals surface area contributed by atoms with Gasteiger partial charge in [-0.2, -0.15) is 0 Å². The Balaban J connectivity index is 1.73. The number of fused-ring (bicyclic) bond motifs is 1. The molecule has 3 rings (SSSR count). The second kappa shape index (κ2) is 5.44. The Hall–Kier alpha value is -1.55. The van der Waals surface area contributed by atoms with E-state index in [0.29, 0.717) is 6.61 Å². The number of para-hydroxylation sites is 1. The predicted octanol–water partition coefficient (Wildman–Crippen LogP) is 2.02. The maximum atomic E-state index is 12.7. The zero-order valence-corrected chi connectivity index (χ0v) is 11.9. The van der Waals surface area contributed by atoms with Crippen LogP contribution in [0, 0.1) is 5.41 Å². The van der Waals surface area contributed by atoms with E-state index in [1.54, 1.807) is 0 Å². The predicted molar refractivity (Wildman–Crippen MR) is 77.6 cm³/mol. The summed E-state index contributed by atoms with van der Waals surface area (Å²) in [6, 6.07) is 7.94. The Kier molecular flexibility index (Phi) is 3.66. The summed E-state index contributed by atoms with van der Waals surface area (Å²) >= 11 is 0. The lowest BCUT2D eigenvalue weighted by molar-refractivity contribution is -0.131. The smallest absolute Gasteiger partial charge is 0.228 e. The summed E-state index contributed by atoms with van der Waals surface area (Å²) < 4.78 is 5.64. The molecule has 0 saturated carbocycles. The lowest BCUT2D eigenvalue weighted by Gasteiger charge is -2.28. The molecule has 20 heavy (non-hydrogen) atoms. The number of amides is 1. The molecule has 1 aromatic rings. The van der Waals surface area contributed by atoms with E-state index in [1.165, 1.54) is 0 Å². The summed E-state index contributed by atoms with van der Waals surface area (Å²) in [6.45, 7) is 4.41. The van der Waals surface area contributed by atoms with Crippen molar-refractivity contribution < 1.29 is 9.53 Å². The maximum absolute atomic E-state index is 12.7. The normalized spacial score (nSPS) is 27.9. The highest BCUT2D eigenvalue weighted by Gasteiger charge is 2.41. The first-order chi connectivity index (χ1) is 9.75. The van der Waals surface area contributed by atoms with Crippen molar-refractivity contribution in [1.82, 2.24) is 10.6 Å². The Bertz CT molecular complexity index is 495. The average Bonchev–Trinajstić information content (AvgIpc) is 3.08. The van der Waals surface area contributed by atoms with Gasteiger partial charge in [-0.05, 0) is 25.5 Å². The molecule has 108 valence electrons. The molecule has 1 saturated heterocycles. The number of hydrogen-bond donors (Lipinski definition) is 2. The molecule has 0 spiro atoms. The van der Waals surface area contributed by atoms with Crippen molar-refractivity contribution in [1.29, 1.82) is 0 Å². The molecule has 2 atom stereocenters. The molecule has 1 aromatic carbocycles. The van der Waals surface area contributed by atoms with Crippen molar-refractivity contribution in [3.8, 4) is 5.75 Å². The van der Waals surface area contributed by atoms with Gasteiger partial charge in [0.2, 0.25) is 5.91 Å². The van der Waals surface area contributed by atoms with Gasteiger partial charge in [0.1, 0.15) is 12.4 Å². The number of carbonyl (C=O) groups is 1. The number of carbonyl (C=O) groups excluding carboxylic acids is 1. The quantitative estimate of drug-likeness (QED) is 0.883. The van der Waals surface area contributed by atoms with Crippen LogP contribution in [-0.2, 0) is 4.79 Å². The van der Waals surface area contributed by atoms with E-state index in [2.05, 4.69) is 17.6 Å². The van der Waals surface area contributed by atoms with Crippen LogP contribution < -0.4 is 15.4 Å². The van der Waals surface area contributed by atoms with Crippen molar-refractivity contribution >= 4 is 5.91 Å². The van der Waals surface area contributed by atoms with Crippen LogP contribution in [0.15, 0.2) is 24.3 Å². The third-order valence-electron chi connectivity index (χ3n) is 4.46. The van der Waals surface area contributed by atoms with Crippen molar-refractivity contribution in [2.45, 2.75) is 32.2 Å². The molecule has 0 radical (unpaired) electrons. The molecule has 2 heterocycles. The SMILES string of the molecule is CCCC1(C(=O)NC2COc3ccccc32)CCNC1. The van der Waals surface area contributed by atoms with Crippen molar-refractivity contribution in [2.75, 3.05) is 19.7 Å². The lowest BCUT2D eigenvalue weighted by Crippen LogP contribution is -2.44. The van der Waals surface area contributed by atoms with E-state index < -0.39 is 0 Å². The zero-order valence-electron chi connectivity index (χ0n) is 11.9. The highest BCUT2D eigenvalue weighted by Crippen LogP contribution is 2.35. The molecule has 1 fully saturated rings. The number of nitrogens with one attached hydrogen (secondary N) is 2. The van der Waals surface area contributed by atoms with Gasteiger partial charge in [0.05, 0.1) is 11.5 Å². The molecule has 2 aliphatic heterocycles. The highest BCUT2D eigenvalue weighted by atomic mass is 16.5. The first-order valence-electron chi connectivity index (χ1n) is 7.48. The van der Waals surface area contributed by atoms with Crippen LogP contribution in [0.4, 0.5) is 0 Å². The molecule has 0 bridgehead atoms. The van der Waals surface area contributed by atoms with E-state index in [9.17, 15) is 4.79 Å². The zero-order chi connectivity index (χ0) is 14.0. The summed E-state index contributed by atoms with van der Waals surface area (Å²) in [5.41, 5.74) is 0.866. The number of hydrogen-bond acceptors (Lipinski definition) is 3. The minimum atomic E-state index is -0.230. The van der Waals surface area contributed by atoms with Gasteiger partial charge in [-0.15, -0.1) is 0 Å². The fourth-order valence-corrected chi connectivity index (χ4v) is 3.34. The Morgan fingerprint density at radius 3 is 3.10 bits per heavy atom. The number of benzene rings is 1. The molecule has 2 unspecified atom stereocenters. The molecular formula is C16H22N2O2. The third kappa shape index (κ3) is 2.29.